The standard InChI is InChI=1S/C12H15IN2O/c13-9-5-1-2-6-10(9)15-12(11(14)16)7-3-4-8-12/h1-2,5-6,15H,3-4,7-8H2,(H2,14,16). The van der Waals surface area contributed by atoms with E-state index in [-0.39, 0.29) is 5.91 Å². The lowest BCUT2D eigenvalue weighted by Gasteiger charge is -2.28. The van der Waals surface area contributed by atoms with E-state index >= 15 is 0 Å². The Morgan fingerprint density at radius 2 is 1.94 bits per heavy atom. The Bertz CT molecular complexity index is 400. The van der Waals surface area contributed by atoms with Crippen LogP contribution in [0.5, 0.6) is 0 Å². The zero-order valence-electron chi connectivity index (χ0n) is 9.00. The third kappa shape index (κ3) is 2.16. The SMILES string of the molecule is NC(=O)C1(Nc2ccccc2I)CCCC1. The third-order valence-corrected chi connectivity index (χ3v) is 4.12. The lowest BCUT2D eigenvalue weighted by Crippen LogP contribution is -2.48. The number of nitrogens with two attached hydrogens (primary N) is 1. The first-order chi connectivity index (χ1) is 7.64. The predicted molar refractivity (Wildman–Crippen MR) is 73.2 cm³/mol. The van der Waals surface area contributed by atoms with Gasteiger partial charge in [-0.3, -0.25) is 4.79 Å². The zero-order chi connectivity index (χ0) is 11.6. The molecule has 3 nitrogen and oxygen atoms in total. The molecule has 0 heterocycles. The average Bonchev–Trinajstić information content (AvgIpc) is 2.71. The minimum Gasteiger partial charge on any atom is -0.370 e. The molecule has 1 aromatic carbocycles. The molecule has 0 saturated heterocycles. The molecule has 0 bridgehead atoms. The van der Waals surface area contributed by atoms with Gasteiger partial charge < -0.3 is 11.1 Å². The molecule has 1 aromatic rings. The zero-order valence-corrected chi connectivity index (χ0v) is 11.2. The van der Waals surface area contributed by atoms with Crippen LogP contribution in [0.4, 0.5) is 5.69 Å². The van der Waals surface area contributed by atoms with Crippen LogP contribution in [-0.4, -0.2) is 11.4 Å². The number of nitrogens with one attached hydrogen (secondary N) is 1. The summed E-state index contributed by atoms with van der Waals surface area (Å²) < 4.78 is 1.12. The van der Waals surface area contributed by atoms with Crippen molar-refractivity contribution in [3.63, 3.8) is 0 Å². The number of para-hydroxylation sites is 1. The van der Waals surface area contributed by atoms with Gasteiger partial charge in [-0.2, -0.15) is 0 Å². The summed E-state index contributed by atoms with van der Waals surface area (Å²) in [5.74, 6) is -0.232. The van der Waals surface area contributed by atoms with E-state index in [4.69, 9.17) is 5.73 Å². The average molecular weight is 330 g/mol. The summed E-state index contributed by atoms with van der Waals surface area (Å²) in [5.41, 5.74) is 6.00. The lowest BCUT2D eigenvalue weighted by molar-refractivity contribution is -0.122. The summed E-state index contributed by atoms with van der Waals surface area (Å²) in [6, 6.07) is 7.96. The molecule has 4 heteroatoms. The van der Waals surface area contributed by atoms with Gasteiger partial charge in [-0.25, -0.2) is 0 Å². The van der Waals surface area contributed by atoms with Crippen molar-refractivity contribution in [1.29, 1.82) is 0 Å². The number of amides is 1. The molecular formula is C12H15IN2O. The molecule has 1 aliphatic carbocycles. The van der Waals surface area contributed by atoms with Gasteiger partial charge in [0, 0.05) is 9.26 Å². The van der Waals surface area contributed by atoms with Gasteiger partial charge in [-0.15, -0.1) is 0 Å². The summed E-state index contributed by atoms with van der Waals surface area (Å²) in [5, 5.41) is 3.34. The Hall–Kier alpha value is -0.780. The molecule has 16 heavy (non-hydrogen) atoms. The van der Waals surface area contributed by atoms with E-state index in [9.17, 15) is 4.79 Å². The number of anilines is 1. The highest BCUT2D eigenvalue weighted by Crippen LogP contribution is 2.34. The molecule has 2 rings (SSSR count). The van der Waals surface area contributed by atoms with Gasteiger partial charge in [0.25, 0.3) is 0 Å². The second-order valence-corrected chi connectivity index (χ2v) is 5.42. The Kier molecular flexibility index (Phi) is 3.37. The van der Waals surface area contributed by atoms with Crippen molar-refractivity contribution in [2.45, 2.75) is 31.2 Å². The molecule has 0 atom stereocenters. The maximum Gasteiger partial charge on any atom is 0.243 e. The van der Waals surface area contributed by atoms with Crippen LogP contribution in [0, 0.1) is 3.57 Å². The van der Waals surface area contributed by atoms with Crippen LogP contribution in [0.1, 0.15) is 25.7 Å². The van der Waals surface area contributed by atoms with E-state index in [1.54, 1.807) is 0 Å². The van der Waals surface area contributed by atoms with Gasteiger partial charge in [0.1, 0.15) is 5.54 Å². The summed E-state index contributed by atoms with van der Waals surface area (Å²) in [6.45, 7) is 0. The molecule has 86 valence electrons. The number of hydrogen-bond donors (Lipinski definition) is 2. The molecule has 0 unspecified atom stereocenters. The van der Waals surface area contributed by atoms with Crippen LogP contribution >= 0.6 is 22.6 Å². The van der Waals surface area contributed by atoms with E-state index in [1.807, 2.05) is 24.3 Å². The molecular weight excluding hydrogens is 315 g/mol. The number of benzene rings is 1. The first kappa shape index (κ1) is 11.7. The predicted octanol–water partition coefficient (Wildman–Crippen LogP) is 2.50. The first-order valence-corrected chi connectivity index (χ1v) is 6.54. The fourth-order valence-corrected chi connectivity index (χ4v) is 2.75. The smallest absolute Gasteiger partial charge is 0.243 e. The number of hydrogen-bond acceptors (Lipinski definition) is 2. The van der Waals surface area contributed by atoms with Gasteiger partial charge in [0.15, 0.2) is 0 Å². The molecule has 0 radical (unpaired) electrons. The highest BCUT2D eigenvalue weighted by molar-refractivity contribution is 14.1. The van der Waals surface area contributed by atoms with Gasteiger partial charge >= 0.3 is 0 Å². The molecule has 1 fully saturated rings. The maximum absolute atomic E-state index is 11.6. The molecule has 1 amide bonds. The Labute approximate surface area is 109 Å². The first-order valence-electron chi connectivity index (χ1n) is 5.47. The Morgan fingerprint density at radius 3 is 2.50 bits per heavy atom. The third-order valence-electron chi connectivity index (χ3n) is 3.18. The van der Waals surface area contributed by atoms with Gasteiger partial charge in [-0.1, -0.05) is 25.0 Å². The summed E-state index contributed by atoms with van der Waals surface area (Å²) >= 11 is 2.26. The summed E-state index contributed by atoms with van der Waals surface area (Å²) in [6.07, 6.45) is 3.82. The minimum atomic E-state index is -0.527. The maximum atomic E-state index is 11.6. The molecule has 1 saturated carbocycles. The van der Waals surface area contributed by atoms with E-state index < -0.39 is 5.54 Å². The van der Waals surface area contributed by atoms with E-state index in [0.717, 1.165) is 34.9 Å². The number of halogens is 1. The van der Waals surface area contributed by atoms with Crippen molar-refractivity contribution in [2.24, 2.45) is 5.73 Å². The van der Waals surface area contributed by atoms with Crippen LogP contribution in [0.2, 0.25) is 0 Å². The topological polar surface area (TPSA) is 55.1 Å². The van der Waals surface area contributed by atoms with E-state index in [2.05, 4.69) is 27.9 Å². The molecule has 1 aliphatic rings. The molecule has 0 spiro atoms. The minimum absolute atomic E-state index is 0.232. The van der Waals surface area contributed by atoms with Crippen molar-refractivity contribution < 1.29 is 4.79 Å². The summed E-state index contributed by atoms with van der Waals surface area (Å²) in [4.78, 5) is 11.6. The van der Waals surface area contributed by atoms with Crippen molar-refractivity contribution in [2.75, 3.05) is 5.32 Å². The quantitative estimate of drug-likeness (QED) is 0.837. The summed E-state index contributed by atoms with van der Waals surface area (Å²) in [7, 11) is 0. The molecule has 0 aromatic heterocycles. The number of rotatable bonds is 3. The van der Waals surface area contributed by atoms with Crippen LogP contribution < -0.4 is 11.1 Å². The fourth-order valence-electron chi connectivity index (χ4n) is 2.23. The Balaban J connectivity index is 2.25. The fraction of sp³-hybridized carbons (Fsp3) is 0.417. The monoisotopic (exact) mass is 330 g/mol. The van der Waals surface area contributed by atoms with Crippen LogP contribution in [0.15, 0.2) is 24.3 Å². The normalized spacial score (nSPS) is 18.3. The van der Waals surface area contributed by atoms with Crippen molar-refractivity contribution in [3.05, 3.63) is 27.8 Å². The molecule has 3 N–H and O–H groups in total. The largest absolute Gasteiger partial charge is 0.370 e. The molecule has 0 aliphatic heterocycles. The Morgan fingerprint density at radius 1 is 1.31 bits per heavy atom. The van der Waals surface area contributed by atoms with E-state index in [0.29, 0.717) is 0 Å². The van der Waals surface area contributed by atoms with Crippen molar-refractivity contribution >= 4 is 34.2 Å². The second kappa shape index (κ2) is 4.61. The van der Waals surface area contributed by atoms with E-state index in [1.165, 1.54) is 0 Å². The van der Waals surface area contributed by atoms with Gasteiger partial charge in [-0.05, 0) is 47.6 Å². The lowest BCUT2D eigenvalue weighted by atomic mass is 9.96. The number of carbonyl (C=O) groups is 1. The van der Waals surface area contributed by atoms with Gasteiger partial charge in [0.2, 0.25) is 5.91 Å². The van der Waals surface area contributed by atoms with Crippen molar-refractivity contribution in [1.82, 2.24) is 0 Å². The number of primary amides is 1. The second-order valence-electron chi connectivity index (χ2n) is 4.26. The van der Waals surface area contributed by atoms with Gasteiger partial charge in [0.05, 0.1) is 0 Å². The van der Waals surface area contributed by atoms with Crippen LogP contribution in [0.3, 0.4) is 0 Å². The number of carbonyl (C=O) groups excluding carboxylic acids is 1. The highest BCUT2D eigenvalue weighted by atomic mass is 127. The highest BCUT2D eigenvalue weighted by Gasteiger charge is 2.39. The van der Waals surface area contributed by atoms with Crippen LogP contribution in [-0.2, 0) is 4.79 Å². The van der Waals surface area contributed by atoms with Crippen molar-refractivity contribution in [3.8, 4) is 0 Å². The van der Waals surface area contributed by atoms with Crippen LogP contribution in [0.25, 0.3) is 0 Å².